The average molecular weight is 298 g/mol. The fourth-order valence-corrected chi connectivity index (χ4v) is 3.19. The van der Waals surface area contributed by atoms with Crippen molar-refractivity contribution in [1.29, 1.82) is 0 Å². The third-order valence-electron chi connectivity index (χ3n) is 4.17. The maximum atomic E-state index is 12.2. The van der Waals surface area contributed by atoms with Crippen molar-refractivity contribution in [2.45, 2.75) is 39.7 Å². The van der Waals surface area contributed by atoms with Gasteiger partial charge in [-0.05, 0) is 34.1 Å². The zero-order chi connectivity index (χ0) is 15.7. The lowest BCUT2D eigenvalue weighted by atomic mass is 9.77. The van der Waals surface area contributed by atoms with E-state index in [0.717, 1.165) is 13.0 Å². The number of esters is 1. The Morgan fingerprint density at radius 3 is 2.71 bits per heavy atom. The van der Waals surface area contributed by atoms with Crippen LogP contribution in [-0.4, -0.2) is 55.3 Å². The van der Waals surface area contributed by atoms with Gasteiger partial charge in [0.05, 0.1) is 12.5 Å². The van der Waals surface area contributed by atoms with E-state index in [9.17, 15) is 9.59 Å². The first-order chi connectivity index (χ1) is 9.77. The monoisotopic (exact) mass is 298 g/mol. The van der Waals surface area contributed by atoms with Crippen LogP contribution in [0.25, 0.3) is 0 Å². The van der Waals surface area contributed by atoms with Gasteiger partial charge in [-0.2, -0.15) is 0 Å². The van der Waals surface area contributed by atoms with Crippen molar-refractivity contribution in [1.82, 2.24) is 10.2 Å². The predicted octanol–water partition coefficient (Wildman–Crippen LogP) is 1.40. The zero-order valence-electron chi connectivity index (χ0n) is 13.4. The topological polar surface area (TPSA) is 67.9 Å². The largest absolute Gasteiger partial charge is 0.466 e. The number of carbonyl (C=O) groups is 2. The molecule has 0 aromatic rings. The summed E-state index contributed by atoms with van der Waals surface area (Å²) >= 11 is 0. The van der Waals surface area contributed by atoms with Crippen LogP contribution in [0, 0.1) is 11.3 Å². The fourth-order valence-electron chi connectivity index (χ4n) is 3.19. The molecule has 0 aromatic carbocycles. The molecular weight excluding hydrogens is 272 g/mol. The molecule has 6 heteroatoms. The summed E-state index contributed by atoms with van der Waals surface area (Å²) < 4.78 is 10.6. The zero-order valence-corrected chi connectivity index (χ0v) is 13.4. The molecule has 2 aliphatic heterocycles. The third-order valence-corrected chi connectivity index (χ3v) is 4.17. The highest BCUT2D eigenvalue weighted by molar-refractivity contribution is 5.75. The third kappa shape index (κ3) is 3.48. The van der Waals surface area contributed by atoms with Gasteiger partial charge >= 0.3 is 12.1 Å². The van der Waals surface area contributed by atoms with E-state index in [0.29, 0.717) is 26.2 Å². The first-order valence-corrected chi connectivity index (χ1v) is 7.63. The molecular formula is C15H26N2O4. The lowest BCUT2D eigenvalue weighted by molar-refractivity contribution is -0.150. The summed E-state index contributed by atoms with van der Waals surface area (Å²) in [6.45, 7) is 10.3. The van der Waals surface area contributed by atoms with Crippen LogP contribution in [0.3, 0.4) is 0 Å². The highest BCUT2D eigenvalue weighted by Crippen LogP contribution is 2.41. The number of likely N-dealkylation sites (tertiary alicyclic amines) is 1. The SMILES string of the molecule is CCOC(=O)[C@H]1CNC[C@]12CCN(C(=O)OC(C)(C)C)C2. The molecule has 1 N–H and O–H groups in total. The number of nitrogens with one attached hydrogen (secondary N) is 1. The van der Waals surface area contributed by atoms with Crippen molar-refractivity contribution in [3.63, 3.8) is 0 Å². The minimum Gasteiger partial charge on any atom is -0.466 e. The van der Waals surface area contributed by atoms with Gasteiger partial charge in [0.2, 0.25) is 0 Å². The molecule has 0 saturated carbocycles. The maximum Gasteiger partial charge on any atom is 0.410 e. The summed E-state index contributed by atoms with van der Waals surface area (Å²) in [5, 5.41) is 3.27. The summed E-state index contributed by atoms with van der Waals surface area (Å²) in [6, 6.07) is 0. The molecule has 0 bridgehead atoms. The van der Waals surface area contributed by atoms with Crippen molar-refractivity contribution in [3.8, 4) is 0 Å². The number of amides is 1. The van der Waals surface area contributed by atoms with E-state index in [2.05, 4.69) is 5.32 Å². The average Bonchev–Trinajstić information content (AvgIpc) is 2.96. The van der Waals surface area contributed by atoms with E-state index in [4.69, 9.17) is 9.47 Å². The summed E-state index contributed by atoms with van der Waals surface area (Å²) in [7, 11) is 0. The van der Waals surface area contributed by atoms with Crippen LogP contribution in [0.1, 0.15) is 34.1 Å². The Labute approximate surface area is 126 Å². The van der Waals surface area contributed by atoms with Gasteiger partial charge in [0.15, 0.2) is 0 Å². The van der Waals surface area contributed by atoms with Gasteiger partial charge < -0.3 is 19.7 Å². The summed E-state index contributed by atoms with van der Waals surface area (Å²) in [5.74, 6) is -0.335. The fraction of sp³-hybridized carbons (Fsp3) is 0.867. The van der Waals surface area contributed by atoms with Crippen LogP contribution in [0.2, 0.25) is 0 Å². The predicted molar refractivity (Wildman–Crippen MR) is 77.8 cm³/mol. The molecule has 2 aliphatic rings. The molecule has 0 aliphatic carbocycles. The molecule has 120 valence electrons. The van der Waals surface area contributed by atoms with Crippen molar-refractivity contribution in [2.75, 3.05) is 32.8 Å². The number of hydrogen-bond acceptors (Lipinski definition) is 5. The summed E-state index contributed by atoms with van der Waals surface area (Å²) in [5.41, 5.74) is -0.704. The number of rotatable bonds is 2. The van der Waals surface area contributed by atoms with Crippen LogP contribution in [-0.2, 0) is 14.3 Å². The molecule has 0 aromatic heterocycles. The van der Waals surface area contributed by atoms with E-state index in [1.807, 2.05) is 27.7 Å². The standard InChI is InChI=1S/C15H26N2O4/c1-5-20-12(18)11-8-16-9-15(11)6-7-17(10-15)13(19)21-14(2,3)4/h11,16H,5-10H2,1-4H3/t11-,15+/m1/s1. The van der Waals surface area contributed by atoms with Gasteiger partial charge in [0, 0.05) is 31.6 Å². The Hall–Kier alpha value is -1.30. The number of carbonyl (C=O) groups excluding carboxylic acids is 2. The second-order valence-corrected chi connectivity index (χ2v) is 6.95. The summed E-state index contributed by atoms with van der Waals surface area (Å²) in [4.78, 5) is 26.0. The second-order valence-electron chi connectivity index (χ2n) is 6.95. The van der Waals surface area contributed by atoms with E-state index in [-0.39, 0.29) is 23.4 Å². The molecule has 0 unspecified atom stereocenters. The highest BCUT2D eigenvalue weighted by Gasteiger charge is 2.52. The van der Waals surface area contributed by atoms with E-state index in [1.165, 1.54) is 0 Å². The van der Waals surface area contributed by atoms with Gasteiger partial charge in [-0.25, -0.2) is 4.79 Å². The van der Waals surface area contributed by atoms with Crippen molar-refractivity contribution in [3.05, 3.63) is 0 Å². The van der Waals surface area contributed by atoms with Crippen LogP contribution in [0.4, 0.5) is 4.79 Å². The summed E-state index contributed by atoms with van der Waals surface area (Å²) in [6.07, 6.45) is 0.511. The molecule has 0 radical (unpaired) electrons. The van der Waals surface area contributed by atoms with Crippen LogP contribution >= 0.6 is 0 Å². The lowest BCUT2D eigenvalue weighted by Gasteiger charge is -2.29. The van der Waals surface area contributed by atoms with Crippen molar-refractivity contribution < 1.29 is 19.1 Å². The quantitative estimate of drug-likeness (QED) is 0.780. The second kappa shape index (κ2) is 5.83. The van der Waals surface area contributed by atoms with E-state index >= 15 is 0 Å². The van der Waals surface area contributed by atoms with E-state index < -0.39 is 5.60 Å². The molecule has 21 heavy (non-hydrogen) atoms. The molecule has 2 saturated heterocycles. The molecule has 2 rings (SSSR count). The number of nitrogens with zero attached hydrogens (tertiary/aromatic N) is 1. The number of hydrogen-bond donors (Lipinski definition) is 1. The lowest BCUT2D eigenvalue weighted by Crippen LogP contribution is -2.41. The normalized spacial score (nSPS) is 29.0. The Morgan fingerprint density at radius 2 is 2.10 bits per heavy atom. The minimum absolute atomic E-state index is 0.159. The Bertz CT molecular complexity index is 418. The maximum absolute atomic E-state index is 12.2. The number of ether oxygens (including phenoxy) is 2. The Kier molecular flexibility index (Phi) is 4.46. The Morgan fingerprint density at radius 1 is 1.38 bits per heavy atom. The first kappa shape index (κ1) is 16.1. The molecule has 1 spiro atoms. The Balaban J connectivity index is 2.02. The first-order valence-electron chi connectivity index (χ1n) is 7.63. The van der Waals surface area contributed by atoms with Crippen molar-refractivity contribution >= 4 is 12.1 Å². The van der Waals surface area contributed by atoms with Gasteiger partial charge in [-0.15, -0.1) is 0 Å². The van der Waals surface area contributed by atoms with Crippen molar-refractivity contribution in [2.24, 2.45) is 11.3 Å². The van der Waals surface area contributed by atoms with Crippen LogP contribution < -0.4 is 5.32 Å². The van der Waals surface area contributed by atoms with Crippen LogP contribution in [0.15, 0.2) is 0 Å². The van der Waals surface area contributed by atoms with E-state index in [1.54, 1.807) is 4.90 Å². The van der Waals surface area contributed by atoms with Crippen LogP contribution in [0.5, 0.6) is 0 Å². The smallest absolute Gasteiger partial charge is 0.410 e. The van der Waals surface area contributed by atoms with Gasteiger partial charge in [-0.1, -0.05) is 0 Å². The van der Waals surface area contributed by atoms with Gasteiger partial charge in [0.25, 0.3) is 0 Å². The van der Waals surface area contributed by atoms with Gasteiger partial charge in [0.1, 0.15) is 5.60 Å². The molecule has 6 nitrogen and oxygen atoms in total. The molecule has 2 heterocycles. The minimum atomic E-state index is -0.499. The molecule has 1 amide bonds. The highest BCUT2D eigenvalue weighted by atomic mass is 16.6. The molecule has 2 fully saturated rings. The molecule has 2 atom stereocenters. The van der Waals surface area contributed by atoms with Gasteiger partial charge in [-0.3, -0.25) is 4.79 Å².